The molecule has 4 nitrogen and oxygen atoms in total. The van der Waals surface area contributed by atoms with Crippen LogP contribution in [0.25, 0.3) is 0 Å². The van der Waals surface area contributed by atoms with E-state index in [1.165, 1.54) is 0 Å². The van der Waals surface area contributed by atoms with Crippen molar-refractivity contribution >= 4 is 5.97 Å². The van der Waals surface area contributed by atoms with Gasteiger partial charge in [-0.15, -0.1) is 0 Å². The molecular weight excluding hydrogens is 256 g/mol. The van der Waals surface area contributed by atoms with E-state index in [1.807, 2.05) is 6.92 Å². The van der Waals surface area contributed by atoms with Crippen molar-refractivity contribution in [1.82, 2.24) is 0 Å². The molecule has 4 rings (SSSR count). The molecule has 0 spiro atoms. The molecule has 0 aromatic heterocycles. The molecule has 2 saturated carbocycles. The van der Waals surface area contributed by atoms with Gasteiger partial charge in [-0.3, -0.25) is 4.79 Å². The van der Waals surface area contributed by atoms with Gasteiger partial charge in [0.25, 0.3) is 0 Å². The van der Waals surface area contributed by atoms with Gasteiger partial charge in [0, 0.05) is 5.41 Å². The minimum absolute atomic E-state index is 0.00234. The molecule has 2 heterocycles. The quantitative estimate of drug-likeness (QED) is 0.790. The Balaban J connectivity index is 1.76. The molecule has 2 aliphatic heterocycles. The highest BCUT2D eigenvalue weighted by atomic mass is 16.6. The van der Waals surface area contributed by atoms with E-state index in [0.717, 1.165) is 32.1 Å². The molecule has 4 aliphatic rings. The summed E-state index contributed by atoms with van der Waals surface area (Å²) in [5, 5.41) is 9.90. The average Bonchev–Trinajstić information content (AvgIpc) is 3.26. The number of fused-ring (bicyclic) bond motifs is 2. The minimum Gasteiger partial charge on any atom is -0.481 e. The van der Waals surface area contributed by atoms with Gasteiger partial charge < -0.3 is 14.6 Å². The van der Waals surface area contributed by atoms with E-state index in [9.17, 15) is 9.90 Å². The number of aliphatic carboxylic acids is 1. The van der Waals surface area contributed by atoms with Gasteiger partial charge in [0.15, 0.2) is 0 Å². The van der Waals surface area contributed by atoms with Crippen LogP contribution in [0.2, 0.25) is 0 Å². The van der Waals surface area contributed by atoms with Crippen molar-refractivity contribution in [2.45, 2.75) is 77.3 Å². The van der Waals surface area contributed by atoms with Crippen LogP contribution in [0.4, 0.5) is 0 Å². The molecular formula is C16H24O4. The zero-order valence-corrected chi connectivity index (χ0v) is 12.5. The Kier molecular flexibility index (Phi) is 2.34. The summed E-state index contributed by atoms with van der Waals surface area (Å²) in [7, 11) is 0. The lowest BCUT2D eigenvalue weighted by molar-refractivity contribution is -0.174. The molecule has 0 bridgehead atoms. The lowest BCUT2D eigenvalue weighted by atomic mass is 9.44. The number of hydrogen-bond acceptors (Lipinski definition) is 3. The fourth-order valence-corrected chi connectivity index (χ4v) is 5.30. The first-order chi connectivity index (χ1) is 9.32. The summed E-state index contributed by atoms with van der Waals surface area (Å²) in [5.74, 6) is -0.658. The SMILES string of the molecule is CC1(C2(C)C3OC3CCC2(C)C(=O)O)CCC2OC2C1. The first kappa shape index (κ1) is 13.1. The molecule has 20 heavy (non-hydrogen) atoms. The highest BCUT2D eigenvalue weighted by Crippen LogP contribution is 2.69. The van der Waals surface area contributed by atoms with Crippen molar-refractivity contribution < 1.29 is 19.4 Å². The number of carboxylic acids is 1. The Morgan fingerprint density at radius 3 is 2.40 bits per heavy atom. The smallest absolute Gasteiger partial charge is 0.310 e. The first-order valence-corrected chi connectivity index (χ1v) is 7.86. The maximum Gasteiger partial charge on any atom is 0.310 e. The van der Waals surface area contributed by atoms with E-state index < -0.39 is 11.4 Å². The van der Waals surface area contributed by atoms with Gasteiger partial charge in [-0.1, -0.05) is 13.8 Å². The maximum absolute atomic E-state index is 12.0. The fraction of sp³-hybridized carbons (Fsp3) is 0.938. The largest absolute Gasteiger partial charge is 0.481 e. The van der Waals surface area contributed by atoms with E-state index in [1.54, 1.807) is 0 Å². The van der Waals surface area contributed by atoms with Crippen LogP contribution in [0.3, 0.4) is 0 Å². The summed E-state index contributed by atoms with van der Waals surface area (Å²) < 4.78 is 11.6. The third-order valence-electron chi connectivity index (χ3n) is 7.27. The number of carboxylic acid groups (broad SMARTS) is 1. The fourth-order valence-electron chi connectivity index (χ4n) is 5.30. The molecule has 1 N–H and O–H groups in total. The molecule has 0 amide bonds. The van der Waals surface area contributed by atoms with Crippen molar-refractivity contribution in [3.63, 3.8) is 0 Å². The molecule has 2 aliphatic carbocycles. The zero-order valence-electron chi connectivity index (χ0n) is 12.5. The third-order valence-corrected chi connectivity index (χ3v) is 7.27. The molecule has 0 aromatic rings. The Bertz CT molecular complexity index is 477. The van der Waals surface area contributed by atoms with Crippen LogP contribution in [-0.4, -0.2) is 35.5 Å². The minimum atomic E-state index is -0.693. The molecule has 7 atom stereocenters. The summed E-state index contributed by atoms with van der Waals surface area (Å²) in [4.78, 5) is 12.0. The number of ether oxygens (including phenoxy) is 2. The van der Waals surface area contributed by atoms with Gasteiger partial charge in [-0.25, -0.2) is 0 Å². The van der Waals surface area contributed by atoms with E-state index >= 15 is 0 Å². The second-order valence-electron chi connectivity index (χ2n) is 7.99. The van der Waals surface area contributed by atoms with Crippen LogP contribution >= 0.6 is 0 Å². The maximum atomic E-state index is 12.0. The molecule has 2 saturated heterocycles. The topological polar surface area (TPSA) is 62.4 Å². The standard InChI is InChI=1S/C16H24O4/c1-14(6-4-9-11(8-14)19-9)16(3)12-10(20-12)5-7-15(16,2)13(17)18/h9-12H,4-8H2,1-3H3,(H,17,18). The first-order valence-electron chi connectivity index (χ1n) is 7.86. The summed E-state index contributed by atoms with van der Waals surface area (Å²) >= 11 is 0. The molecule has 4 fully saturated rings. The van der Waals surface area contributed by atoms with Crippen LogP contribution in [0, 0.1) is 16.2 Å². The van der Waals surface area contributed by atoms with Crippen LogP contribution in [-0.2, 0) is 14.3 Å². The van der Waals surface area contributed by atoms with Crippen molar-refractivity contribution in [2.24, 2.45) is 16.2 Å². The van der Waals surface area contributed by atoms with Gasteiger partial charge in [0.05, 0.1) is 29.8 Å². The number of carbonyl (C=O) groups is 1. The van der Waals surface area contributed by atoms with E-state index in [0.29, 0.717) is 18.3 Å². The lowest BCUT2D eigenvalue weighted by Gasteiger charge is -2.56. The van der Waals surface area contributed by atoms with Gasteiger partial charge in [-0.05, 0) is 44.4 Å². The zero-order chi connectivity index (χ0) is 14.3. The summed E-state index contributed by atoms with van der Waals surface area (Å²) in [6, 6.07) is 0. The van der Waals surface area contributed by atoms with E-state index in [2.05, 4.69) is 13.8 Å². The van der Waals surface area contributed by atoms with Crippen LogP contribution in [0.15, 0.2) is 0 Å². The predicted molar refractivity (Wildman–Crippen MR) is 72.4 cm³/mol. The van der Waals surface area contributed by atoms with E-state index in [-0.39, 0.29) is 16.9 Å². The van der Waals surface area contributed by atoms with Crippen LogP contribution in [0.5, 0.6) is 0 Å². The van der Waals surface area contributed by atoms with E-state index in [4.69, 9.17) is 9.47 Å². The average molecular weight is 280 g/mol. The highest BCUT2D eigenvalue weighted by Gasteiger charge is 2.73. The predicted octanol–water partition coefficient (Wildman–Crippen LogP) is 2.60. The van der Waals surface area contributed by atoms with Gasteiger partial charge >= 0.3 is 5.97 Å². The Hall–Kier alpha value is -0.610. The molecule has 0 radical (unpaired) electrons. The Morgan fingerprint density at radius 2 is 1.75 bits per heavy atom. The number of epoxide rings is 2. The molecule has 7 unspecified atom stereocenters. The Labute approximate surface area is 119 Å². The van der Waals surface area contributed by atoms with Crippen molar-refractivity contribution in [1.29, 1.82) is 0 Å². The summed E-state index contributed by atoms with van der Waals surface area (Å²) in [6.07, 6.45) is 5.96. The van der Waals surface area contributed by atoms with Crippen LogP contribution in [0.1, 0.15) is 52.9 Å². The second-order valence-corrected chi connectivity index (χ2v) is 7.99. The molecule has 0 aromatic carbocycles. The highest BCUT2D eigenvalue weighted by molar-refractivity contribution is 5.76. The van der Waals surface area contributed by atoms with Gasteiger partial charge in [-0.2, -0.15) is 0 Å². The second kappa shape index (κ2) is 3.58. The summed E-state index contributed by atoms with van der Waals surface area (Å²) in [5.41, 5.74) is -0.996. The molecule has 4 heteroatoms. The van der Waals surface area contributed by atoms with Crippen molar-refractivity contribution in [3.05, 3.63) is 0 Å². The molecule has 112 valence electrons. The van der Waals surface area contributed by atoms with Crippen molar-refractivity contribution in [2.75, 3.05) is 0 Å². The summed E-state index contributed by atoms with van der Waals surface area (Å²) in [6.45, 7) is 6.39. The van der Waals surface area contributed by atoms with Crippen LogP contribution < -0.4 is 0 Å². The van der Waals surface area contributed by atoms with Crippen molar-refractivity contribution in [3.8, 4) is 0 Å². The Morgan fingerprint density at radius 1 is 1.05 bits per heavy atom. The lowest BCUT2D eigenvalue weighted by Crippen LogP contribution is -2.59. The third kappa shape index (κ3) is 1.37. The number of hydrogen-bond donors (Lipinski definition) is 1. The monoisotopic (exact) mass is 280 g/mol. The van der Waals surface area contributed by atoms with Gasteiger partial charge in [0.1, 0.15) is 0 Å². The normalized spacial score (nSPS) is 60.4. The van der Waals surface area contributed by atoms with Gasteiger partial charge in [0.2, 0.25) is 0 Å². The number of rotatable bonds is 2.